The van der Waals surface area contributed by atoms with Gasteiger partial charge < -0.3 is 9.47 Å². The second-order valence-corrected chi connectivity index (χ2v) is 7.74. The highest BCUT2D eigenvalue weighted by molar-refractivity contribution is 7.71. The number of quaternary nitrogens is 1. The molecule has 2 atom stereocenters. The molecule has 0 aliphatic heterocycles. The summed E-state index contributed by atoms with van der Waals surface area (Å²) in [6.45, 7) is 5.81. The van der Waals surface area contributed by atoms with Crippen LogP contribution in [0, 0.1) is 4.77 Å². The Morgan fingerprint density at radius 1 is 1.07 bits per heavy atom. The highest BCUT2D eigenvalue weighted by Gasteiger charge is 2.19. The molecule has 0 radical (unpaired) electrons. The molecule has 4 aromatic rings. The summed E-state index contributed by atoms with van der Waals surface area (Å²) in [6.07, 6.45) is 3.24. The minimum absolute atomic E-state index is 0.281. The molecule has 2 heterocycles. The Bertz CT molecular complexity index is 1140. The first-order valence-corrected chi connectivity index (χ1v) is 10.5. The van der Waals surface area contributed by atoms with Crippen LogP contribution in [0.5, 0.6) is 0 Å². The summed E-state index contributed by atoms with van der Waals surface area (Å²) in [5, 5.41) is 9.03. The molecule has 2 aromatic carbocycles. The van der Waals surface area contributed by atoms with Crippen molar-refractivity contribution >= 4 is 12.2 Å². The second-order valence-electron chi connectivity index (χ2n) is 7.37. The molecule has 1 N–H and O–H groups in total. The molecule has 30 heavy (non-hydrogen) atoms. The summed E-state index contributed by atoms with van der Waals surface area (Å²) >= 11 is 5.73. The van der Waals surface area contributed by atoms with Gasteiger partial charge in [0, 0.05) is 17.7 Å². The predicted molar refractivity (Wildman–Crippen MR) is 119 cm³/mol. The van der Waals surface area contributed by atoms with Gasteiger partial charge in [-0.15, -0.1) is 5.10 Å². The lowest BCUT2D eigenvalue weighted by atomic mass is 10.1. The van der Waals surface area contributed by atoms with Gasteiger partial charge in [-0.3, -0.25) is 0 Å². The smallest absolute Gasteiger partial charge is 0.203 e. The van der Waals surface area contributed by atoms with E-state index in [1.165, 1.54) is 16.8 Å². The average Bonchev–Trinajstić information content (AvgIpc) is 3.42. The number of benzene rings is 2. The predicted octanol–water partition coefficient (Wildman–Crippen LogP) is 2.92. The number of aromatic nitrogens is 6. The van der Waals surface area contributed by atoms with Crippen molar-refractivity contribution < 1.29 is 4.90 Å². The maximum absolute atomic E-state index is 5.73. The standard InChI is InChI=1S/C22H25N7S/c1-4-27-21(19-8-6-5-7-9-19)25-29(22(27)30)16-26(3)17(2)18-10-12-20(13-11-18)28-15-23-14-24-28/h5-15,17H,4,16H2,1-3H3/p+1/t17-/m1/s1. The summed E-state index contributed by atoms with van der Waals surface area (Å²) in [6, 6.07) is 18.9. The van der Waals surface area contributed by atoms with Crippen LogP contribution < -0.4 is 4.90 Å². The lowest BCUT2D eigenvalue weighted by Crippen LogP contribution is -3.08. The van der Waals surface area contributed by atoms with Crippen LogP contribution >= 0.6 is 12.2 Å². The lowest BCUT2D eigenvalue weighted by molar-refractivity contribution is -0.933. The third kappa shape index (κ3) is 3.96. The molecule has 0 aliphatic carbocycles. The number of hydrogen-bond donors (Lipinski definition) is 1. The molecule has 4 rings (SSSR count). The van der Waals surface area contributed by atoms with E-state index in [4.69, 9.17) is 17.3 Å². The molecule has 1 unspecified atom stereocenters. The summed E-state index contributed by atoms with van der Waals surface area (Å²) in [4.78, 5) is 5.31. The Morgan fingerprint density at radius 3 is 2.43 bits per heavy atom. The molecule has 0 saturated heterocycles. The summed E-state index contributed by atoms with van der Waals surface area (Å²) < 4.78 is 6.54. The third-order valence-corrected chi connectivity index (χ3v) is 5.92. The molecule has 154 valence electrons. The van der Waals surface area contributed by atoms with Gasteiger partial charge in [-0.1, -0.05) is 42.5 Å². The van der Waals surface area contributed by atoms with Crippen molar-refractivity contribution in [3.63, 3.8) is 0 Å². The second kappa shape index (κ2) is 8.73. The van der Waals surface area contributed by atoms with Crippen LogP contribution in [0.2, 0.25) is 0 Å². The van der Waals surface area contributed by atoms with Gasteiger partial charge in [-0.05, 0) is 38.2 Å². The summed E-state index contributed by atoms with van der Waals surface area (Å²) in [5.74, 6) is 0.917. The zero-order valence-corrected chi connectivity index (χ0v) is 18.3. The highest BCUT2D eigenvalue weighted by atomic mass is 32.1. The van der Waals surface area contributed by atoms with Gasteiger partial charge in [0.05, 0.1) is 12.7 Å². The van der Waals surface area contributed by atoms with Gasteiger partial charge in [0.1, 0.15) is 18.7 Å². The maximum Gasteiger partial charge on any atom is 0.203 e. The Labute approximate surface area is 181 Å². The Hall–Kier alpha value is -3.10. The first-order valence-electron chi connectivity index (χ1n) is 10.1. The molecule has 0 amide bonds. The maximum atomic E-state index is 5.73. The average molecular weight is 421 g/mol. The van der Waals surface area contributed by atoms with Crippen molar-refractivity contribution in [3.05, 3.63) is 77.6 Å². The van der Waals surface area contributed by atoms with Crippen LogP contribution in [0.3, 0.4) is 0 Å². The van der Waals surface area contributed by atoms with Gasteiger partial charge >= 0.3 is 0 Å². The van der Waals surface area contributed by atoms with E-state index in [0.717, 1.165) is 28.4 Å². The SMILES string of the molecule is CCn1c(-c2ccccc2)nn(C[NH+](C)[C@H](C)c2ccc(-n3cncn3)cc2)c1=S. The first kappa shape index (κ1) is 20.2. The minimum Gasteiger partial charge on any atom is -0.313 e. The Kier molecular flexibility index (Phi) is 5.87. The van der Waals surface area contributed by atoms with Gasteiger partial charge in [0.2, 0.25) is 4.77 Å². The first-order chi connectivity index (χ1) is 14.6. The van der Waals surface area contributed by atoms with Gasteiger partial charge in [-0.2, -0.15) is 9.78 Å². The van der Waals surface area contributed by atoms with Crippen LogP contribution in [0.1, 0.15) is 25.5 Å². The summed E-state index contributed by atoms with van der Waals surface area (Å²) in [5.41, 5.74) is 3.33. The van der Waals surface area contributed by atoms with Crippen molar-refractivity contribution in [2.24, 2.45) is 0 Å². The topological polar surface area (TPSA) is 57.9 Å². The molecule has 8 heteroatoms. The van der Waals surface area contributed by atoms with Crippen molar-refractivity contribution in [1.29, 1.82) is 0 Å². The molecular weight excluding hydrogens is 394 g/mol. The van der Waals surface area contributed by atoms with Crippen LogP contribution in [-0.2, 0) is 13.2 Å². The molecule has 0 bridgehead atoms. The lowest BCUT2D eigenvalue weighted by Gasteiger charge is -2.22. The van der Waals surface area contributed by atoms with Crippen molar-refractivity contribution in [2.45, 2.75) is 33.1 Å². The molecule has 0 spiro atoms. The molecule has 7 nitrogen and oxygen atoms in total. The van der Waals surface area contributed by atoms with E-state index in [2.05, 4.69) is 71.9 Å². The number of rotatable bonds is 7. The van der Waals surface area contributed by atoms with Crippen LogP contribution in [0.15, 0.2) is 67.3 Å². The Balaban J connectivity index is 1.54. The number of hydrogen-bond acceptors (Lipinski definition) is 4. The van der Waals surface area contributed by atoms with Crippen molar-refractivity contribution in [3.8, 4) is 17.1 Å². The van der Waals surface area contributed by atoms with E-state index in [9.17, 15) is 0 Å². The van der Waals surface area contributed by atoms with Crippen LogP contribution in [0.25, 0.3) is 17.1 Å². The molecule has 0 fully saturated rings. The fourth-order valence-electron chi connectivity index (χ4n) is 3.54. The minimum atomic E-state index is 0.281. The number of nitrogens with zero attached hydrogens (tertiary/aromatic N) is 6. The van der Waals surface area contributed by atoms with Crippen molar-refractivity contribution in [1.82, 2.24) is 29.1 Å². The van der Waals surface area contributed by atoms with E-state index in [1.807, 2.05) is 22.9 Å². The largest absolute Gasteiger partial charge is 0.313 e. The number of nitrogens with one attached hydrogen (secondary N) is 1. The summed E-state index contributed by atoms with van der Waals surface area (Å²) in [7, 11) is 2.17. The third-order valence-electron chi connectivity index (χ3n) is 5.49. The van der Waals surface area contributed by atoms with Gasteiger partial charge in [0.25, 0.3) is 0 Å². The van der Waals surface area contributed by atoms with E-state index >= 15 is 0 Å². The Morgan fingerprint density at radius 2 is 1.80 bits per heavy atom. The zero-order chi connectivity index (χ0) is 21.1. The van der Waals surface area contributed by atoms with E-state index in [0.29, 0.717) is 6.67 Å². The van der Waals surface area contributed by atoms with E-state index in [-0.39, 0.29) is 6.04 Å². The zero-order valence-electron chi connectivity index (χ0n) is 17.4. The van der Waals surface area contributed by atoms with Crippen LogP contribution in [-0.4, -0.2) is 36.2 Å². The van der Waals surface area contributed by atoms with E-state index < -0.39 is 0 Å². The molecule has 0 saturated carbocycles. The normalized spacial score (nSPS) is 13.3. The fourth-order valence-corrected chi connectivity index (χ4v) is 3.87. The molecule has 0 aliphatic rings. The fraction of sp³-hybridized carbons (Fsp3) is 0.273. The van der Waals surface area contributed by atoms with Crippen molar-refractivity contribution in [2.75, 3.05) is 7.05 Å². The molecular formula is C22H26N7S+. The van der Waals surface area contributed by atoms with Gasteiger partial charge in [0.15, 0.2) is 12.5 Å². The van der Waals surface area contributed by atoms with Crippen LogP contribution in [0.4, 0.5) is 0 Å². The quantitative estimate of drug-likeness (QED) is 0.467. The molecule has 2 aromatic heterocycles. The van der Waals surface area contributed by atoms with Gasteiger partial charge in [-0.25, -0.2) is 9.67 Å². The monoisotopic (exact) mass is 420 g/mol. The van der Waals surface area contributed by atoms with E-state index in [1.54, 1.807) is 11.0 Å². The highest BCUT2D eigenvalue weighted by Crippen LogP contribution is 2.18.